The van der Waals surface area contributed by atoms with E-state index in [1.54, 1.807) is 12.1 Å². The van der Waals surface area contributed by atoms with Crippen LogP contribution in [0, 0.1) is 11.8 Å². The lowest BCUT2D eigenvalue weighted by Crippen LogP contribution is -2.38. The second-order valence-corrected chi connectivity index (χ2v) is 9.28. The maximum Gasteiger partial charge on any atom is 0.243 e. The van der Waals surface area contributed by atoms with E-state index in [0.717, 1.165) is 11.1 Å². The van der Waals surface area contributed by atoms with Gasteiger partial charge in [0.05, 0.1) is 17.1 Å². The molecule has 1 aliphatic carbocycles. The summed E-state index contributed by atoms with van der Waals surface area (Å²) < 4.78 is 27.5. The Labute approximate surface area is 154 Å². The standard InChI is InChI=1S/C20H23NO4S/c22-19-10-16-12-21(13-17(16)11-20(19)23)26(24,25)18-8-6-15(7-9-18)14-4-2-1-3-5-14/h1-9,16-17,19-20,22-23H,10-13H2/t16-,17+,19+,20-. The van der Waals surface area contributed by atoms with Crippen molar-refractivity contribution in [1.82, 2.24) is 4.31 Å². The number of aliphatic hydroxyl groups excluding tert-OH is 2. The van der Waals surface area contributed by atoms with Crippen molar-refractivity contribution >= 4 is 10.0 Å². The van der Waals surface area contributed by atoms with E-state index in [4.69, 9.17) is 0 Å². The van der Waals surface area contributed by atoms with E-state index < -0.39 is 22.2 Å². The van der Waals surface area contributed by atoms with Gasteiger partial charge in [0, 0.05) is 13.1 Å². The van der Waals surface area contributed by atoms with E-state index in [1.807, 2.05) is 42.5 Å². The van der Waals surface area contributed by atoms with Crippen LogP contribution in [-0.4, -0.2) is 48.2 Å². The molecule has 5 nitrogen and oxygen atoms in total. The summed E-state index contributed by atoms with van der Waals surface area (Å²) in [7, 11) is -3.56. The molecule has 2 fully saturated rings. The number of fused-ring (bicyclic) bond motifs is 1. The second-order valence-electron chi connectivity index (χ2n) is 7.34. The normalized spacial score (nSPS) is 29.5. The Morgan fingerprint density at radius 2 is 1.27 bits per heavy atom. The summed E-state index contributed by atoms with van der Waals surface area (Å²) in [6.45, 7) is 0.828. The molecule has 2 aromatic carbocycles. The van der Waals surface area contributed by atoms with Crippen LogP contribution >= 0.6 is 0 Å². The van der Waals surface area contributed by atoms with Gasteiger partial charge in [-0.05, 0) is 47.9 Å². The smallest absolute Gasteiger partial charge is 0.243 e. The van der Waals surface area contributed by atoms with Crippen LogP contribution in [0.2, 0.25) is 0 Å². The molecule has 1 aliphatic heterocycles. The molecule has 1 saturated carbocycles. The summed E-state index contributed by atoms with van der Waals surface area (Å²) in [6, 6.07) is 16.8. The van der Waals surface area contributed by atoms with Crippen LogP contribution in [0.3, 0.4) is 0 Å². The minimum atomic E-state index is -3.56. The molecule has 0 radical (unpaired) electrons. The van der Waals surface area contributed by atoms with Gasteiger partial charge in [-0.1, -0.05) is 42.5 Å². The first-order valence-electron chi connectivity index (χ1n) is 8.97. The molecular formula is C20H23NO4S. The van der Waals surface area contributed by atoms with Crippen LogP contribution in [0.25, 0.3) is 11.1 Å². The van der Waals surface area contributed by atoms with Gasteiger partial charge in [0.15, 0.2) is 0 Å². The molecule has 2 aromatic rings. The van der Waals surface area contributed by atoms with Crippen LogP contribution in [0.4, 0.5) is 0 Å². The summed E-state index contributed by atoms with van der Waals surface area (Å²) in [5.74, 6) is 0.235. The lowest BCUT2D eigenvalue weighted by atomic mass is 9.79. The van der Waals surface area contributed by atoms with Crippen molar-refractivity contribution in [2.45, 2.75) is 29.9 Å². The first-order chi connectivity index (χ1) is 12.4. The van der Waals surface area contributed by atoms with Crippen molar-refractivity contribution in [1.29, 1.82) is 0 Å². The number of benzene rings is 2. The maximum absolute atomic E-state index is 13.0. The van der Waals surface area contributed by atoms with Crippen molar-refractivity contribution in [3.8, 4) is 11.1 Å². The molecule has 1 saturated heterocycles. The highest BCUT2D eigenvalue weighted by Gasteiger charge is 2.44. The third-order valence-corrected chi connectivity index (χ3v) is 7.52. The zero-order valence-corrected chi connectivity index (χ0v) is 15.2. The predicted octanol–water partition coefficient (Wildman–Crippen LogP) is 2.11. The molecular weight excluding hydrogens is 350 g/mol. The summed E-state index contributed by atoms with van der Waals surface area (Å²) >= 11 is 0. The van der Waals surface area contributed by atoms with Gasteiger partial charge in [0.1, 0.15) is 0 Å². The Kier molecular flexibility index (Phi) is 4.61. The third kappa shape index (κ3) is 3.18. The summed E-state index contributed by atoms with van der Waals surface area (Å²) in [6.07, 6.45) is -0.566. The molecule has 1 heterocycles. The van der Waals surface area contributed by atoms with E-state index >= 15 is 0 Å². The third-order valence-electron chi connectivity index (χ3n) is 5.67. The lowest BCUT2D eigenvalue weighted by Gasteiger charge is -2.31. The molecule has 6 heteroatoms. The average Bonchev–Trinajstić information content (AvgIpc) is 3.06. The van der Waals surface area contributed by atoms with E-state index in [9.17, 15) is 18.6 Å². The fourth-order valence-electron chi connectivity index (χ4n) is 4.16. The SMILES string of the molecule is O=S(=O)(c1ccc(-c2ccccc2)cc1)N1C[C@H]2C[C@H](O)[C@H](O)C[C@H]2C1. The van der Waals surface area contributed by atoms with Gasteiger partial charge in [-0.2, -0.15) is 4.31 Å². The van der Waals surface area contributed by atoms with Crippen molar-refractivity contribution in [3.63, 3.8) is 0 Å². The molecule has 0 aromatic heterocycles. The van der Waals surface area contributed by atoms with Crippen LogP contribution in [-0.2, 0) is 10.0 Å². The molecule has 0 bridgehead atoms. The number of hydrogen-bond acceptors (Lipinski definition) is 4. The van der Waals surface area contributed by atoms with Gasteiger partial charge in [-0.3, -0.25) is 0 Å². The van der Waals surface area contributed by atoms with E-state index in [0.29, 0.717) is 25.9 Å². The van der Waals surface area contributed by atoms with E-state index in [-0.39, 0.29) is 16.7 Å². The van der Waals surface area contributed by atoms with Crippen LogP contribution in [0.1, 0.15) is 12.8 Å². The Balaban J connectivity index is 1.54. The van der Waals surface area contributed by atoms with Crippen molar-refractivity contribution in [3.05, 3.63) is 54.6 Å². The summed E-state index contributed by atoms with van der Waals surface area (Å²) in [5.41, 5.74) is 2.03. The fourth-order valence-corrected chi connectivity index (χ4v) is 5.71. The molecule has 2 N–H and O–H groups in total. The first-order valence-corrected chi connectivity index (χ1v) is 10.4. The number of nitrogens with zero attached hydrogens (tertiary/aromatic N) is 1. The van der Waals surface area contributed by atoms with Gasteiger partial charge < -0.3 is 10.2 Å². The van der Waals surface area contributed by atoms with Crippen molar-refractivity contribution < 1.29 is 18.6 Å². The van der Waals surface area contributed by atoms with E-state index in [1.165, 1.54) is 4.31 Å². The minimum absolute atomic E-state index is 0.117. The Hall–Kier alpha value is -1.73. The topological polar surface area (TPSA) is 77.8 Å². The molecule has 4 atom stereocenters. The first kappa shape index (κ1) is 17.7. The van der Waals surface area contributed by atoms with Crippen LogP contribution in [0.15, 0.2) is 59.5 Å². The predicted molar refractivity (Wildman–Crippen MR) is 98.9 cm³/mol. The summed E-state index contributed by atoms with van der Waals surface area (Å²) in [4.78, 5) is 0.289. The zero-order chi connectivity index (χ0) is 18.3. The van der Waals surface area contributed by atoms with Gasteiger partial charge >= 0.3 is 0 Å². The molecule has 0 unspecified atom stereocenters. The highest BCUT2D eigenvalue weighted by atomic mass is 32.2. The molecule has 138 valence electrons. The number of hydrogen-bond donors (Lipinski definition) is 2. The Bertz CT molecular complexity index is 848. The zero-order valence-electron chi connectivity index (χ0n) is 14.4. The number of sulfonamides is 1. The average molecular weight is 373 g/mol. The second kappa shape index (κ2) is 6.78. The van der Waals surface area contributed by atoms with Gasteiger partial charge in [0.2, 0.25) is 10.0 Å². The van der Waals surface area contributed by atoms with Gasteiger partial charge in [-0.15, -0.1) is 0 Å². The summed E-state index contributed by atoms with van der Waals surface area (Å²) in [5, 5.41) is 19.7. The van der Waals surface area contributed by atoms with Crippen molar-refractivity contribution in [2.75, 3.05) is 13.1 Å². The highest BCUT2D eigenvalue weighted by molar-refractivity contribution is 7.89. The molecule has 0 spiro atoms. The monoisotopic (exact) mass is 373 g/mol. The largest absolute Gasteiger partial charge is 0.390 e. The molecule has 2 aliphatic rings. The van der Waals surface area contributed by atoms with Crippen molar-refractivity contribution in [2.24, 2.45) is 11.8 Å². The van der Waals surface area contributed by atoms with Gasteiger partial charge in [-0.25, -0.2) is 8.42 Å². The lowest BCUT2D eigenvalue weighted by molar-refractivity contribution is -0.0372. The fraction of sp³-hybridized carbons (Fsp3) is 0.400. The molecule has 0 amide bonds. The quantitative estimate of drug-likeness (QED) is 0.864. The number of rotatable bonds is 3. The highest BCUT2D eigenvalue weighted by Crippen LogP contribution is 2.38. The van der Waals surface area contributed by atoms with Crippen LogP contribution < -0.4 is 0 Å². The minimum Gasteiger partial charge on any atom is -0.390 e. The Morgan fingerprint density at radius 3 is 1.81 bits per heavy atom. The molecule has 4 rings (SSSR count). The van der Waals surface area contributed by atoms with Gasteiger partial charge in [0.25, 0.3) is 0 Å². The number of aliphatic hydroxyl groups is 2. The maximum atomic E-state index is 13.0. The molecule has 26 heavy (non-hydrogen) atoms. The van der Waals surface area contributed by atoms with Crippen LogP contribution in [0.5, 0.6) is 0 Å². The Morgan fingerprint density at radius 1 is 0.769 bits per heavy atom. The van der Waals surface area contributed by atoms with E-state index in [2.05, 4.69) is 0 Å².